The smallest absolute Gasteiger partial charge is 0.262 e. The summed E-state index contributed by atoms with van der Waals surface area (Å²) in [7, 11) is 0. The number of carbonyl (C=O) groups excluding carboxylic acids is 1. The summed E-state index contributed by atoms with van der Waals surface area (Å²) in [6.07, 6.45) is 4.01. The van der Waals surface area contributed by atoms with Crippen LogP contribution in [0, 0.1) is 5.92 Å². The van der Waals surface area contributed by atoms with Crippen molar-refractivity contribution in [2.45, 2.75) is 51.7 Å². The number of carbonyl (C=O) groups is 1. The van der Waals surface area contributed by atoms with Gasteiger partial charge in [-0.2, -0.15) is 0 Å². The van der Waals surface area contributed by atoms with Crippen LogP contribution in [0.25, 0.3) is 10.2 Å². The molecule has 1 amide bonds. The average molecular weight is 346 g/mol. The van der Waals surface area contributed by atoms with Crippen molar-refractivity contribution in [1.29, 1.82) is 0 Å². The molecule has 1 saturated heterocycles. The van der Waals surface area contributed by atoms with Gasteiger partial charge in [0.25, 0.3) is 5.56 Å². The molecule has 1 unspecified atom stereocenters. The Morgan fingerprint density at radius 2 is 2.25 bits per heavy atom. The van der Waals surface area contributed by atoms with E-state index in [1.807, 2.05) is 13.8 Å². The number of amides is 1. The number of rotatable bonds is 3. The Bertz CT molecular complexity index is 867. The van der Waals surface area contributed by atoms with Crippen LogP contribution in [0.15, 0.2) is 11.1 Å². The monoisotopic (exact) mass is 346 g/mol. The molecule has 1 fully saturated rings. The Kier molecular flexibility index (Phi) is 3.73. The van der Waals surface area contributed by atoms with Crippen LogP contribution in [0.5, 0.6) is 0 Å². The summed E-state index contributed by atoms with van der Waals surface area (Å²) in [5, 5.41) is 7.14. The molecular weight excluding hydrogens is 324 g/mol. The minimum Gasteiger partial charge on any atom is -0.351 e. The molecule has 6 nitrogen and oxygen atoms in total. The van der Waals surface area contributed by atoms with Gasteiger partial charge in [0.05, 0.1) is 11.7 Å². The van der Waals surface area contributed by atoms with Gasteiger partial charge in [-0.05, 0) is 45.2 Å². The molecule has 0 spiro atoms. The Labute approximate surface area is 144 Å². The molecule has 1 atom stereocenters. The fourth-order valence-corrected chi connectivity index (χ4v) is 4.98. The van der Waals surface area contributed by atoms with Gasteiger partial charge in [-0.1, -0.05) is 0 Å². The van der Waals surface area contributed by atoms with Gasteiger partial charge in [0.1, 0.15) is 4.83 Å². The lowest BCUT2D eigenvalue weighted by molar-refractivity contribution is -0.123. The third-order valence-electron chi connectivity index (χ3n) is 5.01. The predicted molar refractivity (Wildman–Crippen MR) is 94.2 cm³/mol. The number of hydrogen-bond acceptors (Lipinski definition) is 5. The highest BCUT2D eigenvalue weighted by atomic mass is 32.1. The Balaban J connectivity index is 1.60. The summed E-state index contributed by atoms with van der Waals surface area (Å²) >= 11 is 1.62. The minimum atomic E-state index is -0.144. The zero-order valence-corrected chi connectivity index (χ0v) is 14.8. The maximum Gasteiger partial charge on any atom is 0.262 e. The van der Waals surface area contributed by atoms with Crippen molar-refractivity contribution in [3.8, 4) is 0 Å². The lowest BCUT2D eigenvalue weighted by Crippen LogP contribution is -2.34. The van der Waals surface area contributed by atoms with E-state index in [0.29, 0.717) is 13.0 Å². The maximum absolute atomic E-state index is 12.9. The first-order valence-corrected chi connectivity index (χ1v) is 9.29. The summed E-state index contributed by atoms with van der Waals surface area (Å²) < 4.78 is 1.68. The Hall–Kier alpha value is -1.73. The number of nitrogens with zero attached hydrogens (tertiary/aromatic N) is 2. The third kappa shape index (κ3) is 2.65. The molecule has 2 aromatic heterocycles. The molecule has 0 bridgehead atoms. The second-order valence-corrected chi connectivity index (χ2v) is 8.50. The van der Waals surface area contributed by atoms with Gasteiger partial charge in [0.15, 0.2) is 0 Å². The zero-order chi connectivity index (χ0) is 16.9. The quantitative estimate of drug-likeness (QED) is 0.881. The summed E-state index contributed by atoms with van der Waals surface area (Å²) in [5.41, 5.74) is 1.06. The molecule has 4 rings (SSSR count). The number of hydrogen-bond donors (Lipinski definition) is 2. The second kappa shape index (κ2) is 5.67. The lowest BCUT2D eigenvalue weighted by Gasteiger charge is -2.16. The molecule has 128 valence electrons. The van der Waals surface area contributed by atoms with E-state index in [2.05, 4.69) is 15.6 Å². The van der Waals surface area contributed by atoms with Crippen LogP contribution in [0.2, 0.25) is 0 Å². The van der Waals surface area contributed by atoms with Gasteiger partial charge >= 0.3 is 0 Å². The minimum absolute atomic E-state index is 0.0248. The topological polar surface area (TPSA) is 76.0 Å². The summed E-state index contributed by atoms with van der Waals surface area (Å²) in [5.74, 6) is 0.0734. The molecular formula is C17H22N4O2S. The molecule has 0 aromatic carbocycles. The maximum atomic E-state index is 12.9. The van der Waals surface area contributed by atoms with Gasteiger partial charge in [0.2, 0.25) is 5.91 Å². The standard InChI is InChI=1S/C17H22N4O2S/c1-17(2)7-10(14(22)20-17)4-6-21-9-19-15-13(16(21)23)11-3-5-18-8-12(11)24-15/h9-10,18H,3-8H2,1-2H3,(H,20,22). The summed E-state index contributed by atoms with van der Waals surface area (Å²) in [6, 6.07) is 0. The highest BCUT2D eigenvalue weighted by molar-refractivity contribution is 7.18. The lowest BCUT2D eigenvalue weighted by atomic mass is 9.94. The van der Waals surface area contributed by atoms with E-state index in [-0.39, 0.29) is 22.9 Å². The summed E-state index contributed by atoms with van der Waals surface area (Å²) in [6.45, 7) is 6.35. The van der Waals surface area contributed by atoms with Crippen molar-refractivity contribution in [3.63, 3.8) is 0 Å². The van der Waals surface area contributed by atoms with Crippen LogP contribution < -0.4 is 16.2 Å². The van der Waals surface area contributed by atoms with E-state index in [4.69, 9.17) is 0 Å². The molecule has 0 aliphatic carbocycles. The van der Waals surface area contributed by atoms with Crippen LogP contribution >= 0.6 is 11.3 Å². The van der Waals surface area contributed by atoms with Gasteiger partial charge in [-0.25, -0.2) is 4.98 Å². The largest absolute Gasteiger partial charge is 0.351 e. The van der Waals surface area contributed by atoms with Gasteiger partial charge in [-0.15, -0.1) is 11.3 Å². The van der Waals surface area contributed by atoms with Crippen molar-refractivity contribution < 1.29 is 4.79 Å². The highest BCUT2D eigenvalue weighted by Crippen LogP contribution is 2.30. The Morgan fingerprint density at radius 3 is 3.00 bits per heavy atom. The number of thiophene rings is 1. The molecule has 0 saturated carbocycles. The van der Waals surface area contributed by atoms with Gasteiger partial charge < -0.3 is 10.6 Å². The van der Waals surface area contributed by atoms with Gasteiger partial charge in [0, 0.05) is 29.4 Å². The first kappa shape index (κ1) is 15.8. The summed E-state index contributed by atoms with van der Waals surface area (Å²) in [4.78, 5) is 31.5. The first-order chi connectivity index (χ1) is 11.4. The van der Waals surface area contributed by atoms with E-state index in [1.165, 1.54) is 10.4 Å². The van der Waals surface area contributed by atoms with Crippen molar-refractivity contribution in [2.75, 3.05) is 6.54 Å². The number of aromatic nitrogens is 2. The number of nitrogens with one attached hydrogen (secondary N) is 2. The number of aryl methyl sites for hydroxylation is 1. The molecule has 2 N–H and O–H groups in total. The van der Waals surface area contributed by atoms with Crippen molar-refractivity contribution in [2.24, 2.45) is 5.92 Å². The van der Waals surface area contributed by atoms with E-state index < -0.39 is 0 Å². The molecule has 24 heavy (non-hydrogen) atoms. The molecule has 2 aliphatic rings. The van der Waals surface area contributed by atoms with Crippen LogP contribution in [0.3, 0.4) is 0 Å². The van der Waals surface area contributed by atoms with Crippen molar-refractivity contribution in [1.82, 2.24) is 20.2 Å². The third-order valence-corrected chi connectivity index (χ3v) is 6.15. The van der Waals surface area contributed by atoms with Crippen LogP contribution in [0.1, 0.15) is 37.1 Å². The van der Waals surface area contributed by atoms with Crippen LogP contribution in [0.4, 0.5) is 0 Å². The zero-order valence-electron chi connectivity index (χ0n) is 14.0. The molecule has 0 radical (unpaired) electrons. The predicted octanol–water partition coefficient (Wildman–Crippen LogP) is 1.41. The fraction of sp³-hybridized carbons (Fsp3) is 0.588. The van der Waals surface area contributed by atoms with E-state index in [9.17, 15) is 9.59 Å². The first-order valence-electron chi connectivity index (χ1n) is 8.47. The molecule has 2 aliphatic heterocycles. The van der Waals surface area contributed by atoms with Gasteiger partial charge in [-0.3, -0.25) is 14.2 Å². The normalized spacial score (nSPS) is 22.6. The Morgan fingerprint density at radius 1 is 1.42 bits per heavy atom. The second-order valence-electron chi connectivity index (χ2n) is 7.42. The molecule has 4 heterocycles. The molecule has 7 heteroatoms. The van der Waals surface area contributed by atoms with E-state index in [1.54, 1.807) is 22.2 Å². The van der Waals surface area contributed by atoms with Crippen molar-refractivity contribution in [3.05, 3.63) is 27.1 Å². The highest BCUT2D eigenvalue weighted by Gasteiger charge is 2.36. The van der Waals surface area contributed by atoms with Crippen LogP contribution in [-0.2, 0) is 24.3 Å². The number of fused-ring (bicyclic) bond motifs is 3. The van der Waals surface area contributed by atoms with E-state index in [0.717, 1.165) is 36.1 Å². The average Bonchev–Trinajstić information content (AvgIpc) is 3.03. The van der Waals surface area contributed by atoms with Crippen molar-refractivity contribution >= 4 is 27.5 Å². The fourth-order valence-electron chi connectivity index (χ4n) is 3.83. The molecule has 2 aromatic rings. The van der Waals surface area contributed by atoms with Crippen LogP contribution in [-0.4, -0.2) is 27.5 Å². The SMILES string of the molecule is CC1(C)CC(CCn2cnc3sc4c(c3c2=O)CCNC4)C(=O)N1. The van der Waals surface area contributed by atoms with E-state index >= 15 is 0 Å².